The Kier molecular flexibility index (Phi) is 5.25. The molecule has 0 radical (unpaired) electrons. The van der Waals surface area contributed by atoms with E-state index in [-0.39, 0.29) is 12.0 Å². The molecule has 3 heterocycles. The zero-order chi connectivity index (χ0) is 19.5. The second-order valence-corrected chi connectivity index (χ2v) is 7.50. The minimum absolute atomic E-state index is 0.131. The Morgan fingerprint density at radius 2 is 2.07 bits per heavy atom. The van der Waals surface area contributed by atoms with E-state index in [4.69, 9.17) is 14.2 Å². The number of amides is 2. The van der Waals surface area contributed by atoms with Crippen molar-refractivity contribution in [3.8, 4) is 17.0 Å². The molecular formula is C19H21N5O3S. The van der Waals surface area contributed by atoms with E-state index in [1.54, 1.807) is 30.3 Å². The highest BCUT2D eigenvalue weighted by molar-refractivity contribution is 7.10. The van der Waals surface area contributed by atoms with Crippen LogP contribution in [0.25, 0.3) is 11.3 Å². The van der Waals surface area contributed by atoms with Crippen LogP contribution < -0.4 is 10.1 Å². The lowest BCUT2D eigenvalue weighted by molar-refractivity contribution is 0.193. The molecule has 3 aromatic rings. The summed E-state index contributed by atoms with van der Waals surface area (Å²) < 4.78 is 10.4. The molecule has 0 aliphatic carbocycles. The number of rotatable bonds is 4. The fraction of sp³-hybridized carbons (Fsp3) is 0.368. The molecule has 9 heteroatoms. The quantitative estimate of drug-likeness (QED) is 0.715. The van der Waals surface area contributed by atoms with E-state index in [1.807, 2.05) is 24.3 Å². The number of thiazole rings is 1. The normalized spacial score (nSPS) is 14.9. The number of para-hydroxylation sites is 1. The van der Waals surface area contributed by atoms with Crippen LogP contribution >= 0.6 is 11.3 Å². The number of hydrogen-bond acceptors (Lipinski definition) is 7. The first kappa shape index (κ1) is 18.4. The Labute approximate surface area is 166 Å². The van der Waals surface area contributed by atoms with Gasteiger partial charge in [0.15, 0.2) is 5.82 Å². The summed E-state index contributed by atoms with van der Waals surface area (Å²) in [6.45, 7) is 3.03. The first-order valence-corrected chi connectivity index (χ1v) is 9.97. The zero-order valence-electron chi connectivity index (χ0n) is 15.7. The number of hydrogen-bond donors (Lipinski definition) is 1. The zero-order valence-corrected chi connectivity index (χ0v) is 16.5. The van der Waals surface area contributed by atoms with Gasteiger partial charge in [-0.2, -0.15) is 4.98 Å². The number of nitrogens with zero attached hydrogens (tertiary/aromatic N) is 4. The number of methoxy groups -OCH3 is 1. The highest BCUT2D eigenvalue weighted by Gasteiger charge is 2.26. The molecule has 1 aliphatic heterocycles. The largest absolute Gasteiger partial charge is 0.496 e. The summed E-state index contributed by atoms with van der Waals surface area (Å²) in [5, 5.41) is 9.49. The first-order valence-electron chi connectivity index (χ1n) is 9.09. The van der Waals surface area contributed by atoms with Gasteiger partial charge in [-0.25, -0.2) is 9.78 Å². The van der Waals surface area contributed by atoms with E-state index in [2.05, 4.69) is 20.8 Å². The molecule has 0 spiro atoms. The van der Waals surface area contributed by atoms with E-state index in [1.165, 1.54) is 0 Å². The number of piperidine rings is 1. The van der Waals surface area contributed by atoms with Gasteiger partial charge in [-0.15, -0.1) is 11.3 Å². The molecule has 1 aliphatic rings. The number of anilines is 1. The van der Waals surface area contributed by atoms with Crippen LogP contribution in [0.15, 0.2) is 34.2 Å². The van der Waals surface area contributed by atoms with Gasteiger partial charge in [0.2, 0.25) is 0 Å². The topological polar surface area (TPSA) is 93.4 Å². The standard InChI is InChI=1S/C19H21N5O3S/c1-12-20-18(27-23-12)22-19(25)24-9-7-13(8-10-24)17-21-15(11-28-17)14-5-3-4-6-16(14)26-2/h3-6,11,13H,7-10H2,1-2H3,(H,20,22,23,25). The maximum Gasteiger partial charge on any atom is 0.329 e. The second-order valence-electron chi connectivity index (χ2n) is 6.61. The molecule has 0 atom stereocenters. The van der Waals surface area contributed by atoms with E-state index in [0.29, 0.717) is 24.8 Å². The van der Waals surface area contributed by atoms with Crippen LogP contribution in [0.2, 0.25) is 0 Å². The fourth-order valence-corrected chi connectivity index (χ4v) is 4.29. The highest BCUT2D eigenvalue weighted by Crippen LogP contribution is 2.35. The van der Waals surface area contributed by atoms with Crippen molar-refractivity contribution in [2.45, 2.75) is 25.7 Å². The SMILES string of the molecule is COc1ccccc1-c1csc(C2CCN(C(=O)Nc3nc(C)no3)CC2)n1. The van der Waals surface area contributed by atoms with E-state index >= 15 is 0 Å². The molecular weight excluding hydrogens is 378 g/mol. The van der Waals surface area contributed by atoms with Gasteiger partial charge < -0.3 is 14.2 Å². The van der Waals surface area contributed by atoms with Crippen LogP contribution in [0, 0.1) is 6.92 Å². The smallest absolute Gasteiger partial charge is 0.329 e. The van der Waals surface area contributed by atoms with Crippen LogP contribution in [0.4, 0.5) is 10.8 Å². The average Bonchev–Trinajstić information content (AvgIpc) is 3.37. The van der Waals surface area contributed by atoms with Crippen LogP contribution in [-0.2, 0) is 0 Å². The lowest BCUT2D eigenvalue weighted by atomic mass is 9.98. The van der Waals surface area contributed by atoms with Crippen molar-refractivity contribution in [1.82, 2.24) is 20.0 Å². The number of likely N-dealkylation sites (tertiary alicyclic amines) is 1. The molecule has 1 N–H and O–H groups in total. The number of nitrogens with one attached hydrogen (secondary N) is 1. The number of carbonyl (C=O) groups is 1. The summed E-state index contributed by atoms with van der Waals surface area (Å²) in [6, 6.07) is 7.81. The average molecular weight is 399 g/mol. The predicted molar refractivity (Wildman–Crippen MR) is 106 cm³/mol. The van der Waals surface area contributed by atoms with E-state index in [9.17, 15) is 4.79 Å². The van der Waals surface area contributed by atoms with Crippen LogP contribution in [0.1, 0.15) is 29.6 Å². The molecule has 28 heavy (non-hydrogen) atoms. The molecule has 0 bridgehead atoms. The molecule has 1 fully saturated rings. The molecule has 1 saturated heterocycles. The molecule has 0 unspecified atom stereocenters. The molecule has 2 aromatic heterocycles. The third-order valence-corrected chi connectivity index (χ3v) is 5.78. The molecule has 8 nitrogen and oxygen atoms in total. The predicted octanol–water partition coefficient (Wildman–Crippen LogP) is 3.92. The Balaban J connectivity index is 1.38. The molecule has 4 rings (SSSR count). The summed E-state index contributed by atoms with van der Waals surface area (Å²) in [6.07, 6.45) is 1.74. The Morgan fingerprint density at radius 3 is 2.79 bits per heavy atom. The van der Waals surface area contributed by atoms with Gasteiger partial charge >= 0.3 is 12.0 Å². The number of aryl methyl sites for hydroxylation is 1. The fourth-order valence-electron chi connectivity index (χ4n) is 3.30. The van der Waals surface area contributed by atoms with Gasteiger partial charge in [0.25, 0.3) is 0 Å². The van der Waals surface area contributed by atoms with Crippen molar-refractivity contribution in [2.24, 2.45) is 0 Å². The van der Waals surface area contributed by atoms with Crippen molar-refractivity contribution in [2.75, 3.05) is 25.5 Å². The summed E-state index contributed by atoms with van der Waals surface area (Å²) >= 11 is 1.67. The van der Waals surface area contributed by atoms with E-state index in [0.717, 1.165) is 34.9 Å². The summed E-state index contributed by atoms with van der Waals surface area (Å²) in [7, 11) is 1.67. The third-order valence-electron chi connectivity index (χ3n) is 4.78. The van der Waals surface area contributed by atoms with Gasteiger partial charge in [-0.05, 0) is 31.9 Å². The first-order chi connectivity index (χ1) is 13.6. The second kappa shape index (κ2) is 7.97. The summed E-state index contributed by atoms with van der Waals surface area (Å²) in [5.41, 5.74) is 1.93. The Morgan fingerprint density at radius 1 is 1.29 bits per heavy atom. The minimum atomic E-state index is -0.212. The number of aromatic nitrogens is 3. The van der Waals surface area contributed by atoms with Crippen molar-refractivity contribution in [1.29, 1.82) is 0 Å². The van der Waals surface area contributed by atoms with Crippen LogP contribution in [0.5, 0.6) is 5.75 Å². The Bertz CT molecular complexity index is 962. The third kappa shape index (κ3) is 3.84. The van der Waals surface area contributed by atoms with Crippen molar-refractivity contribution in [3.05, 3.63) is 40.5 Å². The highest BCUT2D eigenvalue weighted by atomic mass is 32.1. The van der Waals surface area contributed by atoms with Gasteiger partial charge in [-0.1, -0.05) is 17.3 Å². The molecule has 146 valence electrons. The van der Waals surface area contributed by atoms with Gasteiger partial charge in [-0.3, -0.25) is 5.32 Å². The lowest BCUT2D eigenvalue weighted by Crippen LogP contribution is -2.40. The monoisotopic (exact) mass is 399 g/mol. The van der Waals surface area contributed by atoms with E-state index < -0.39 is 0 Å². The van der Waals surface area contributed by atoms with Crippen LogP contribution in [-0.4, -0.2) is 46.3 Å². The summed E-state index contributed by atoms with van der Waals surface area (Å²) in [5.74, 6) is 1.66. The maximum absolute atomic E-state index is 12.3. The van der Waals surface area contributed by atoms with Gasteiger partial charge in [0.05, 0.1) is 17.8 Å². The Hall–Kier alpha value is -2.94. The summed E-state index contributed by atoms with van der Waals surface area (Å²) in [4.78, 5) is 22.9. The van der Waals surface area contributed by atoms with Gasteiger partial charge in [0, 0.05) is 30.0 Å². The maximum atomic E-state index is 12.3. The van der Waals surface area contributed by atoms with Gasteiger partial charge in [0.1, 0.15) is 5.75 Å². The number of ether oxygens (including phenoxy) is 1. The molecule has 0 saturated carbocycles. The van der Waals surface area contributed by atoms with Crippen molar-refractivity contribution in [3.63, 3.8) is 0 Å². The lowest BCUT2D eigenvalue weighted by Gasteiger charge is -2.30. The van der Waals surface area contributed by atoms with Crippen molar-refractivity contribution < 1.29 is 14.1 Å². The number of urea groups is 1. The molecule has 2 amide bonds. The minimum Gasteiger partial charge on any atom is -0.496 e. The van der Waals surface area contributed by atoms with Crippen LogP contribution in [0.3, 0.4) is 0 Å². The molecule has 1 aromatic carbocycles. The number of carbonyl (C=O) groups excluding carboxylic acids is 1. The number of benzene rings is 1. The van der Waals surface area contributed by atoms with Crippen molar-refractivity contribution >= 4 is 23.4 Å².